The summed E-state index contributed by atoms with van der Waals surface area (Å²) in [5.74, 6) is 0.159. The van der Waals surface area contributed by atoms with Crippen molar-refractivity contribution in [2.75, 3.05) is 26.0 Å². The Labute approximate surface area is 93.4 Å². The summed E-state index contributed by atoms with van der Waals surface area (Å²) in [7, 11) is 1.75. The molecule has 1 atom stereocenters. The Bertz CT molecular complexity index is 373. The fourth-order valence-electron chi connectivity index (χ4n) is 1.62. The second-order valence-corrected chi connectivity index (χ2v) is 3.76. The van der Waals surface area contributed by atoms with Crippen LogP contribution in [0.25, 0.3) is 0 Å². The number of hydrogen-bond donors (Lipinski definition) is 1. The van der Waals surface area contributed by atoms with Gasteiger partial charge in [-0.15, -0.1) is 0 Å². The number of carbonyl (C=O) groups is 1. The molecule has 1 aliphatic rings. The van der Waals surface area contributed by atoms with Crippen LogP contribution >= 0.6 is 0 Å². The molecule has 16 heavy (non-hydrogen) atoms. The maximum atomic E-state index is 12.0. The summed E-state index contributed by atoms with van der Waals surface area (Å²) in [5, 5.41) is 0. The number of nitrogens with zero attached hydrogens (tertiary/aromatic N) is 3. The van der Waals surface area contributed by atoms with Crippen molar-refractivity contribution in [2.45, 2.75) is 12.5 Å². The van der Waals surface area contributed by atoms with E-state index in [0.29, 0.717) is 24.7 Å². The first-order chi connectivity index (χ1) is 7.68. The van der Waals surface area contributed by atoms with Crippen LogP contribution < -0.4 is 5.73 Å². The molecule has 1 unspecified atom stereocenters. The van der Waals surface area contributed by atoms with Gasteiger partial charge < -0.3 is 15.4 Å². The molecule has 0 saturated carbocycles. The van der Waals surface area contributed by atoms with Crippen molar-refractivity contribution < 1.29 is 9.53 Å². The molecule has 1 aromatic rings. The zero-order chi connectivity index (χ0) is 11.5. The zero-order valence-electron chi connectivity index (χ0n) is 9.09. The number of carbonyl (C=O) groups excluding carboxylic acids is 1. The van der Waals surface area contributed by atoms with E-state index >= 15 is 0 Å². The number of aromatic nitrogens is 2. The molecule has 6 heteroatoms. The Morgan fingerprint density at radius 3 is 2.94 bits per heavy atom. The van der Waals surface area contributed by atoms with E-state index < -0.39 is 0 Å². The van der Waals surface area contributed by atoms with Gasteiger partial charge in [-0.3, -0.25) is 4.79 Å². The topological polar surface area (TPSA) is 81.3 Å². The van der Waals surface area contributed by atoms with Crippen LogP contribution in [0.2, 0.25) is 0 Å². The van der Waals surface area contributed by atoms with E-state index in [9.17, 15) is 4.79 Å². The number of nitrogen functional groups attached to an aromatic ring is 1. The third kappa shape index (κ3) is 2.11. The monoisotopic (exact) mass is 222 g/mol. The highest BCUT2D eigenvalue weighted by Crippen LogP contribution is 2.12. The predicted molar refractivity (Wildman–Crippen MR) is 57.8 cm³/mol. The third-order valence-corrected chi connectivity index (χ3v) is 2.66. The largest absolute Gasteiger partial charge is 0.382 e. The normalized spacial score (nSPS) is 19.7. The van der Waals surface area contributed by atoms with Crippen LogP contribution in [0, 0.1) is 0 Å². The van der Waals surface area contributed by atoms with E-state index in [1.165, 1.54) is 12.4 Å². The maximum Gasteiger partial charge on any atom is 0.274 e. The summed E-state index contributed by atoms with van der Waals surface area (Å²) in [6, 6.07) is 0.131. The fourth-order valence-corrected chi connectivity index (χ4v) is 1.62. The molecule has 0 aromatic carbocycles. The summed E-state index contributed by atoms with van der Waals surface area (Å²) >= 11 is 0. The Hall–Kier alpha value is -1.69. The first kappa shape index (κ1) is 10.8. The molecular weight excluding hydrogens is 208 g/mol. The lowest BCUT2D eigenvalue weighted by Crippen LogP contribution is -2.37. The molecule has 1 saturated heterocycles. The van der Waals surface area contributed by atoms with Gasteiger partial charge in [0, 0.05) is 13.7 Å². The molecular formula is C10H14N4O2. The van der Waals surface area contributed by atoms with E-state index in [2.05, 4.69) is 9.97 Å². The molecule has 1 aliphatic heterocycles. The predicted octanol–water partition coefficient (Wildman–Crippen LogP) is -0.0803. The van der Waals surface area contributed by atoms with Crippen LogP contribution in [-0.4, -0.2) is 47.1 Å². The van der Waals surface area contributed by atoms with E-state index in [4.69, 9.17) is 10.5 Å². The number of hydrogen-bond acceptors (Lipinski definition) is 5. The number of amides is 1. The van der Waals surface area contributed by atoms with Crippen molar-refractivity contribution in [1.82, 2.24) is 14.9 Å². The van der Waals surface area contributed by atoms with Crippen molar-refractivity contribution in [3.8, 4) is 0 Å². The van der Waals surface area contributed by atoms with Gasteiger partial charge in [-0.1, -0.05) is 0 Å². The Morgan fingerprint density at radius 2 is 2.38 bits per heavy atom. The molecule has 1 amide bonds. The van der Waals surface area contributed by atoms with Gasteiger partial charge in [0.05, 0.1) is 25.0 Å². The maximum absolute atomic E-state index is 12.0. The van der Waals surface area contributed by atoms with E-state index in [1.54, 1.807) is 11.9 Å². The van der Waals surface area contributed by atoms with Gasteiger partial charge in [0.15, 0.2) is 0 Å². The SMILES string of the molecule is CN(C(=O)c1cnc(N)cn1)C1CCOC1. The molecule has 0 radical (unpaired) electrons. The Morgan fingerprint density at radius 1 is 1.56 bits per heavy atom. The van der Waals surface area contributed by atoms with Crippen molar-refractivity contribution >= 4 is 11.7 Å². The van der Waals surface area contributed by atoms with Gasteiger partial charge >= 0.3 is 0 Å². The minimum atomic E-state index is -0.150. The smallest absolute Gasteiger partial charge is 0.274 e. The number of likely N-dealkylation sites (N-methyl/N-ethyl adjacent to an activating group) is 1. The first-order valence-electron chi connectivity index (χ1n) is 5.11. The van der Waals surface area contributed by atoms with Gasteiger partial charge in [-0.05, 0) is 6.42 Å². The standard InChI is InChI=1S/C10H14N4O2/c1-14(7-2-3-16-6-7)10(15)8-4-13-9(11)5-12-8/h4-5,7H,2-3,6H2,1H3,(H2,11,13). The van der Waals surface area contributed by atoms with Crippen molar-refractivity contribution in [1.29, 1.82) is 0 Å². The van der Waals surface area contributed by atoms with Gasteiger partial charge in [0.1, 0.15) is 11.5 Å². The highest BCUT2D eigenvalue weighted by Gasteiger charge is 2.25. The summed E-state index contributed by atoms with van der Waals surface area (Å²) in [6.07, 6.45) is 3.64. The van der Waals surface area contributed by atoms with Crippen LogP contribution in [0.5, 0.6) is 0 Å². The number of anilines is 1. The van der Waals surface area contributed by atoms with Crippen LogP contribution in [0.15, 0.2) is 12.4 Å². The molecule has 1 aromatic heterocycles. The zero-order valence-corrected chi connectivity index (χ0v) is 9.09. The molecule has 6 nitrogen and oxygen atoms in total. The molecule has 86 valence electrons. The fraction of sp³-hybridized carbons (Fsp3) is 0.500. The summed E-state index contributed by atoms with van der Waals surface area (Å²) < 4.78 is 5.23. The minimum absolute atomic E-state index is 0.131. The highest BCUT2D eigenvalue weighted by molar-refractivity contribution is 5.92. The lowest BCUT2D eigenvalue weighted by atomic mass is 10.2. The first-order valence-corrected chi connectivity index (χ1v) is 5.11. The quantitative estimate of drug-likeness (QED) is 0.756. The lowest BCUT2D eigenvalue weighted by molar-refractivity contribution is 0.0705. The second kappa shape index (κ2) is 4.44. The van der Waals surface area contributed by atoms with Gasteiger partial charge in [-0.25, -0.2) is 9.97 Å². The van der Waals surface area contributed by atoms with Crippen LogP contribution in [-0.2, 0) is 4.74 Å². The number of ether oxygens (including phenoxy) is 1. The number of rotatable bonds is 2. The summed E-state index contributed by atoms with van der Waals surface area (Å²) in [6.45, 7) is 1.29. The second-order valence-electron chi connectivity index (χ2n) is 3.76. The lowest BCUT2D eigenvalue weighted by Gasteiger charge is -2.22. The van der Waals surface area contributed by atoms with E-state index in [0.717, 1.165) is 6.42 Å². The molecule has 2 rings (SSSR count). The van der Waals surface area contributed by atoms with Crippen molar-refractivity contribution in [2.24, 2.45) is 0 Å². The van der Waals surface area contributed by atoms with Gasteiger partial charge in [-0.2, -0.15) is 0 Å². The summed E-state index contributed by atoms with van der Waals surface area (Å²) in [4.78, 5) is 21.4. The molecule has 2 N–H and O–H groups in total. The molecule has 1 fully saturated rings. The van der Waals surface area contributed by atoms with E-state index in [1.807, 2.05) is 0 Å². The molecule has 0 bridgehead atoms. The summed E-state index contributed by atoms with van der Waals surface area (Å²) in [5.41, 5.74) is 5.72. The van der Waals surface area contributed by atoms with Crippen LogP contribution in [0.4, 0.5) is 5.82 Å². The average Bonchev–Trinajstić information content (AvgIpc) is 2.81. The third-order valence-electron chi connectivity index (χ3n) is 2.66. The Kier molecular flexibility index (Phi) is 3.00. The van der Waals surface area contributed by atoms with E-state index in [-0.39, 0.29) is 11.9 Å². The average molecular weight is 222 g/mol. The van der Waals surface area contributed by atoms with Crippen LogP contribution in [0.3, 0.4) is 0 Å². The minimum Gasteiger partial charge on any atom is -0.382 e. The van der Waals surface area contributed by atoms with Crippen molar-refractivity contribution in [3.05, 3.63) is 18.1 Å². The van der Waals surface area contributed by atoms with Crippen molar-refractivity contribution in [3.63, 3.8) is 0 Å². The van der Waals surface area contributed by atoms with Crippen LogP contribution in [0.1, 0.15) is 16.9 Å². The molecule has 0 spiro atoms. The molecule has 0 aliphatic carbocycles. The van der Waals surface area contributed by atoms with Gasteiger partial charge in [0.25, 0.3) is 5.91 Å². The Balaban J connectivity index is 2.08. The highest BCUT2D eigenvalue weighted by atomic mass is 16.5. The molecule has 2 heterocycles. The van der Waals surface area contributed by atoms with Gasteiger partial charge in [0.2, 0.25) is 0 Å². The number of nitrogens with two attached hydrogens (primary N) is 1.